The average Bonchev–Trinajstić information content (AvgIpc) is 2.96. The molecule has 0 spiro atoms. The summed E-state index contributed by atoms with van der Waals surface area (Å²) in [6.45, 7) is 2.52. The molecule has 0 aromatic carbocycles. The van der Waals surface area contributed by atoms with Crippen molar-refractivity contribution < 1.29 is 5.11 Å². The smallest absolute Gasteiger partial charge is 0.0431 e. The summed E-state index contributed by atoms with van der Waals surface area (Å²) in [4.78, 5) is 3.31. The van der Waals surface area contributed by atoms with Gasteiger partial charge in [0.25, 0.3) is 0 Å². The van der Waals surface area contributed by atoms with Gasteiger partial charge in [0.15, 0.2) is 0 Å². The minimum atomic E-state index is 0.0374. The molecule has 0 amide bonds. The van der Waals surface area contributed by atoms with Crippen molar-refractivity contribution in [1.29, 1.82) is 0 Å². The Morgan fingerprint density at radius 1 is 1.50 bits per heavy atom. The van der Waals surface area contributed by atoms with E-state index in [0.29, 0.717) is 0 Å². The van der Waals surface area contributed by atoms with Crippen LogP contribution in [0, 0.1) is 0 Å². The highest BCUT2D eigenvalue weighted by Crippen LogP contribution is 2.39. The van der Waals surface area contributed by atoms with E-state index in [9.17, 15) is 0 Å². The standard InChI is InChI=1S/C14H19NO/c1-14(9-5-11-16,12-6-2-3-7-12)13-8-4-10-15-13/h2-4,6,8,10,15-16H,5,7,9,11H2,1H3. The topological polar surface area (TPSA) is 36.0 Å². The van der Waals surface area contributed by atoms with Gasteiger partial charge in [0.2, 0.25) is 0 Å². The maximum atomic E-state index is 9.02. The first-order chi connectivity index (χ1) is 7.77. The van der Waals surface area contributed by atoms with E-state index in [-0.39, 0.29) is 12.0 Å². The second kappa shape index (κ2) is 4.71. The van der Waals surface area contributed by atoms with Crippen LogP contribution in [0.5, 0.6) is 0 Å². The molecule has 0 saturated heterocycles. The number of H-pyrrole nitrogens is 1. The van der Waals surface area contributed by atoms with Gasteiger partial charge in [0, 0.05) is 23.9 Å². The third-order valence-corrected chi connectivity index (χ3v) is 3.51. The summed E-state index contributed by atoms with van der Waals surface area (Å²) in [5, 5.41) is 9.02. The Hall–Kier alpha value is -1.28. The summed E-state index contributed by atoms with van der Waals surface area (Å²) < 4.78 is 0. The van der Waals surface area contributed by atoms with E-state index >= 15 is 0 Å². The first kappa shape index (κ1) is 11.2. The third kappa shape index (κ3) is 1.98. The predicted molar refractivity (Wildman–Crippen MR) is 66.3 cm³/mol. The maximum Gasteiger partial charge on any atom is 0.0431 e. The largest absolute Gasteiger partial charge is 0.396 e. The van der Waals surface area contributed by atoms with Gasteiger partial charge in [0.1, 0.15) is 0 Å². The van der Waals surface area contributed by atoms with Crippen LogP contribution >= 0.6 is 0 Å². The molecule has 1 aliphatic carbocycles. The number of aromatic amines is 1. The molecule has 1 unspecified atom stereocenters. The molecule has 1 heterocycles. The fourth-order valence-electron chi connectivity index (χ4n) is 2.43. The van der Waals surface area contributed by atoms with Gasteiger partial charge in [-0.05, 0) is 31.4 Å². The molecule has 0 bridgehead atoms. The lowest BCUT2D eigenvalue weighted by atomic mass is 9.75. The highest BCUT2D eigenvalue weighted by atomic mass is 16.2. The molecule has 1 aliphatic rings. The van der Waals surface area contributed by atoms with E-state index in [2.05, 4.69) is 36.2 Å². The zero-order valence-electron chi connectivity index (χ0n) is 9.74. The molecule has 2 heteroatoms. The summed E-state index contributed by atoms with van der Waals surface area (Å²) in [6, 6.07) is 4.17. The van der Waals surface area contributed by atoms with Crippen LogP contribution in [-0.4, -0.2) is 16.7 Å². The van der Waals surface area contributed by atoms with Gasteiger partial charge in [-0.2, -0.15) is 0 Å². The minimum absolute atomic E-state index is 0.0374. The summed E-state index contributed by atoms with van der Waals surface area (Å²) >= 11 is 0. The van der Waals surface area contributed by atoms with Crippen molar-refractivity contribution in [3.8, 4) is 0 Å². The van der Waals surface area contributed by atoms with E-state index < -0.39 is 0 Å². The number of hydrogen-bond donors (Lipinski definition) is 2. The average molecular weight is 217 g/mol. The van der Waals surface area contributed by atoms with E-state index in [1.54, 1.807) is 0 Å². The SMILES string of the molecule is CC(CCCO)(C1=CC=CC1)c1ccc[nH]1. The van der Waals surface area contributed by atoms with Crippen LogP contribution in [0.15, 0.2) is 42.1 Å². The van der Waals surface area contributed by atoms with Gasteiger partial charge in [-0.1, -0.05) is 30.7 Å². The van der Waals surface area contributed by atoms with Crippen molar-refractivity contribution in [2.24, 2.45) is 0 Å². The van der Waals surface area contributed by atoms with Gasteiger partial charge in [0.05, 0.1) is 0 Å². The molecule has 1 aromatic heterocycles. The monoisotopic (exact) mass is 217 g/mol. The van der Waals surface area contributed by atoms with E-state index in [0.717, 1.165) is 19.3 Å². The second-order valence-corrected chi connectivity index (χ2v) is 4.57. The summed E-state index contributed by atoms with van der Waals surface area (Å²) in [5.41, 5.74) is 2.72. The Morgan fingerprint density at radius 2 is 2.38 bits per heavy atom. The molecule has 0 aliphatic heterocycles. The Balaban J connectivity index is 2.25. The molecule has 0 saturated carbocycles. The molecular formula is C14H19NO. The molecule has 2 rings (SSSR count). The number of hydrogen-bond acceptors (Lipinski definition) is 1. The zero-order chi connectivity index (χ0) is 11.4. The van der Waals surface area contributed by atoms with Gasteiger partial charge in [-0.25, -0.2) is 0 Å². The van der Waals surface area contributed by atoms with E-state index in [1.165, 1.54) is 11.3 Å². The third-order valence-electron chi connectivity index (χ3n) is 3.51. The van der Waals surface area contributed by atoms with Crippen molar-refractivity contribution in [3.63, 3.8) is 0 Å². The fraction of sp³-hybridized carbons (Fsp3) is 0.429. The molecule has 16 heavy (non-hydrogen) atoms. The number of rotatable bonds is 5. The van der Waals surface area contributed by atoms with Gasteiger partial charge >= 0.3 is 0 Å². The molecule has 2 N–H and O–H groups in total. The first-order valence-corrected chi connectivity index (χ1v) is 5.88. The lowest BCUT2D eigenvalue weighted by molar-refractivity contribution is 0.270. The Morgan fingerprint density at radius 3 is 2.94 bits per heavy atom. The van der Waals surface area contributed by atoms with Gasteiger partial charge in [-0.15, -0.1) is 0 Å². The molecule has 86 valence electrons. The number of nitrogens with one attached hydrogen (secondary N) is 1. The van der Waals surface area contributed by atoms with E-state index in [1.807, 2.05) is 12.3 Å². The number of allylic oxidation sites excluding steroid dienone is 4. The minimum Gasteiger partial charge on any atom is -0.396 e. The van der Waals surface area contributed by atoms with Crippen LogP contribution in [0.3, 0.4) is 0 Å². The van der Waals surface area contributed by atoms with Crippen LogP contribution in [-0.2, 0) is 5.41 Å². The second-order valence-electron chi connectivity index (χ2n) is 4.57. The number of aliphatic hydroxyl groups is 1. The van der Waals surface area contributed by atoms with Crippen LogP contribution in [0.25, 0.3) is 0 Å². The highest BCUT2D eigenvalue weighted by molar-refractivity contribution is 5.38. The van der Waals surface area contributed by atoms with Crippen molar-refractivity contribution in [3.05, 3.63) is 47.8 Å². The van der Waals surface area contributed by atoms with Crippen LogP contribution in [0.4, 0.5) is 0 Å². The van der Waals surface area contributed by atoms with Crippen LogP contribution < -0.4 is 0 Å². The molecule has 0 fully saturated rings. The number of aliphatic hydroxyl groups excluding tert-OH is 1. The summed E-state index contributed by atoms with van der Waals surface area (Å²) in [6.07, 6.45) is 11.3. The van der Waals surface area contributed by atoms with Crippen molar-refractivity contribution >= 4 is 0 Å². The number of aromatic nitrogens is 1. The lowest BCUT2D eigenvalue weighted by Gasteiger charge is -2.30. The Bertz CT molecular complexity index is 389. The first-order valence-electron chi connectivity index (χ1n) is 5.88. The Labute approximate surface area is 96.7 Å². The molecular weight excluding hydrogens is 198 g/mol. The van der Waals surface area contributed by atoms with Crippen LogP contribution in [0.1, 0.15) is 31.9 Å². The molecule has 1 aromatic rings. The lowest BCUT2D eigenvalue weighted by Crippen LogP contribution is -2.25. The molecule has 1 atom stereocenters. The molecule has 0 radical (unpaired) electrons. The quantitative estimate of drug-likeness (QED) is 0.781. The van der Waals surface area contributed by atoms with Crippen molar-refractivity contribution in [2.45, 2.75) is 31.6 Å². The van der Waals surface area contributed by atoms with Crippen molar-refractivity contribution in [1.82, 2.24) is 4.98 Å². The van der Waals surface area contributed by atoms with Gasteiger partial charge in [-0.3, -0.25) is 0 Å². The maximum absolute atomic E-state index is 9.02. The summed E-state index contributed by atoms with van der Waals surface area (Å²) in [5.74, 6) is 0. The highest BCUT2D eigenvalue weighted by Gasteiger charge is 2.31. The normalized spacial score (nSPS) is 18.5. The predicted octanol–water partition coefficient (Wildman–Crippen LogP) is 2.93. The fourth-order valence-corrected chi connectivity index (χ4v) is 2.43. The zero-order valence-corrected chi connectivity index (χ0v) is 9.74. The van der Waals surface area contributed by atoms with Crippen molar-refractivity contribution in [2.75, 3.05) is 6.61 Å². The van der Waals surface area contributed by atoms with Gasteiger partial charge < -0.3 is 10.1 Å². The van der Waals surface area contributed by atoms with E-state index in [4.69, 9.17) is 5.11 Å². The van der Waals surface area contributed by atoms with Crippen LogP contribution in [0.2, 0.25) is 0 Å². The molecule has 2 nitrogen and oxygen atoms in total. The Kier molecular flexibility index (Phi) is 3.30. The summed E-state index contributed by atoms with van der Waals surface area (Å²) in [7, 11) is 0.